The first-order valence-corrected chi connectivity index (χ1v) is 3.42. The molecule has 0 aliphatic carbocycles. The molecule has 0 bridgehead atoms. The van der Waals surface area contributed by atoms with E-state index in [4.69, 9.17) is 11.0 Å². The average Bonchev–Trinajstić information content (AvgIpc) is 2.07. The van der Waals surface area contributed by atoms with Gasteiger partial charge in [0, 0.05) is 6.20 Å². The maximum atomic E-state index is 8.42. The van der Waals surface area contributed by atoms with E-state index in [2.05, 4.69) is 4.98 Å². The standard InChI is InChI=1S/C8H9N3.ClH/c9-4-3-7-1-2-8(5-10)11-6-7;/h1-2,6H,3-4,9H2;1H. The lowest BCUT2D eigenvalue weighted by Crippen LogP contribution is -2.02. The fourth-order valence-electron chi connectivity index (χ4n) is 0.805. The van der Waals surface area contributed by atoms with Crippen LogP contribution in [0.5, 0.6) is 0 Å². The maximum absolute atomic E-state index is 8.42. The van der Waals surface area contributed by atoms with Gasteiger partial charge >= 0.3 is 0 Å². The van der Waals surface area contributed by atoms with Crippen LogP contribution in [-0.2, 0) is 6.42 Å². The Morgan fingerprint density at radius 1 is 1.50 bits per heavy atom. The van der Waals surface area contributed by atoms with Crippen LogP contribution in [0.15, 0.2) is 18.3 Å². The predicted octanol–water partition coefficient (Wildman–Crippen LogP) is 0.876. The minimum absolute atomic E-state index is 0. The van der Waals surface area contributed by atoms with Crippen molar-refractivity contribution in [3.63, 3.8) is 0 Å². The molecule has 0 fully saturated rings. The minimum atomic E-state index is 0. The summed E-state index contributed by atoms with van der Waals surface area (Å²) in [5.74, 6) is 0. The summed E-state index contributed by atoms with van der Waals surface area (Å²) in [6, 6.07) is 5.53. The van der Waals surface area contributed by atoms with Gasteiger partial charge in [-0.05, 0) is 24.6 Å². The quantitative estimate of drug-likeness (QED) is 0.741. The van der Waals surface area contributed by atoms with Crippen LogP contribution < -0.4 is 5.73 Å². The molecule has 0 saturated heterocycles. The molecule has 1 aromatic rings. The van der Waals surface area contributed by atoms with Crippen molar-refractivity contribution in [2.45, 2.75) is 6.42 Å². The van der Waals surface area contributed by atoms with Crippen LogP contribution >= 0.6 is 12.4 Å². The van der Waals surface area contributed by atoms with E-state index in [1.807, 2.05) is 12.1 Å². The van der Waals surface area contributed by atoms with Crippen molar-refractivity contribution in [3.05, 3.63) is 29.6 Å². The van der Waals surface area contributed by atoms with Gasteiger partial charge in [-0.3, -0.25) is 0 Å². The van der Waals surface area contributed by atoms with Crippen molar-refractivity contribution in [2.24, 2.45) is 5.73 Å². The Balaban J connectivity index is 0.00000121. The molecule has 2 N–H and O–H groups in total. The topological polar surface area (TPSA) is 62.7 Å². The van der Waals surface area contributed by atoms with Gasteiger partial charge in [0.15, 0.2) is 0 Å². The molecule has 0 aromatic carbocycles. The largest absolute Gasteiger partial charge is 0.330 e. The van der Waals surface area contributed by atoms with E-state index in [1.54, 1.807) is 12.3 Å². The van der Waals surface area contributed by atoms with Crippen LogP contribution in [0.2, 0.25) is 0 Å². The lowest BCUT2D eigenvalue weighted by Gasteiger charge is -1.95. The molecule has 1 rings (SSSR count). The number of halogens is 1. The lowest BCUT2D eigenvalue weighted by atomic mass is 10.2. The molecule has 0 amide bonds. The van der Waals surface area contributed by atoms with Crippen LogP contribution in [0, 0.1) is 11.3 Å². The average molecular weight is 184 g/mol. The number of nitrogens with zero attached hydrogens (tertiary/aromatic N) is 2. The number of hydrogen-bond acceptors (Lipinski definition) is 3. The summed E-state index contributed by atoms with van der Waals surface area (Å²) in [5, 5.41) is 8.42. The Labute approximate surface area is 77.6 Å². The molecule has 1 heterocycles. The van der Waals surface area contributed by atoms with Crippen molar-refractivity contribution in [1.82, 2.24) is 4.98 Å². The van der Waals surface area contributed by atoms with Gasteiger partial charge in [0.2, 0.25) is 0 Å². The maximum Gasteiger partial charge on any atom is 0.140 e. The van der Waals surface area contributed by atoms with Gasteiger partial charge < -0.3 is 5.73 Å². The summed E-state index contributed by atoms with van der Waals surface area (Å²) in [6.45, 7) is 0.619. The number of rotatable bonds is 2. The monoisotopic (exact) mass is 183 g/mol. The highest BCUT2D eigenvalue weighted by atomic mass is 35.5. The first-order chi connectivity index (χ1) is 5.36. The van der Waals surface area contributed by atoms with Crippen molar-refractivity contribution >= 4 is 12.4 Å². The van der Waals surface area contributed by atoms with Crippen molar-refractivity contribution in [2.75, 3.05) is 6.54 Å². The Kier molecular flexibility index (Phi) is 5.02. The lowest BCUT2D eigenvalue weighted by molar-refractivity contribution is 0.957. The molecule has 0 atom stereocenters. The van der Waals surface area contributed by atoms with Gasteiger partial charge in [-0.1, -0.05) is 6.07 Å². The highest BCUT2D eigenvalue weighted by Crippen LogP contribution is 1.98. The van der Waals surface area contributed by atoms with Crippen LogP contribution in [-0.4, -0.2) is 11.5 Å². The summed E-state index contributed by atoms with van der Waals surface area (Å²) in [5.41, 5.74) is 6.86. The van der Waals surface area contributed by atoms with Crippen molar-refractivity contribution in [1.29, 1.82) is 5.26 Å². The van der Waals surface area contributed by atoms with Gasteiger partial charge in [0.25, 0.3) is 0 Å². The molecular formula is C8H10ClN3. The van der Waals surface area contributed by atoms with E-state index in [0.717, 1.165) is 12.0 Å². The number of aromatic nitrogens is 1. The Hall–Kier alpha value is -1.11. The highest BCUT2D eigenvalue weighted by molar-refractivity contribution is 5.85. The summed E-state index contributed by atoms with van der Waals surface area (Å²) in [6.07, 6.45) is 2.50. The minimum Gasteiger partial charge on any atom is -0.330 e. The van der Waals surface area contributed by atoms with Gasteiger partial charge in [0.05, 0.1) is 0 Å². The zero-order valence-corrected chi connectivity index (χ0v) is 7.34. The number of pyridine rings is 1. The second-order valence-corrected chi connectivity index (χ2v) is 2.20. The van der Waals surface area contributed by atoms with E-state index in [0.29, 0.717) is 12.2 Å². The third-order valence-corrected chi connectivity index (χ3v) is 1.37. The molecule has 0 spiro atoms. The highest BCUT2D eigenvalue weighted by Gasteiger charge is 1.92. The predicted molar refractivity (Wildman–Crippen MR) is 49.0 cm³/mol. The molecule has 12 heavy (non-hydrogen) atoms. The molecule has 0 aliphatic heterocycles. The van der Waals surface area contributed by atoms with E-state index < -0.39 is 0 Å². The van der Waals surface area contributed by atoms with Gasteiger partial charge in [-0.2, -0.15) is 5.26 Å². The van der Waals surface area contributed by atoms with Gasteiger partial charge in [0.1, 0.15) is 11.8 Å². The summed E-state index contributed by atoms with van der Waals surface area (Å²) in [7, 11) is 0. The van der Waals surface area contributed by atoms with Crippen LogP contribution in [0.3, 0.4) is 0 Å². The van der Waals surface area contributed by atoms with Gasteiger partial charge in [-0.15, -0.1) is 12.4 Å². The molecule has 0 radical (unpaired) electrons. The molecular weight excluding hydrogens is 174 g/mol. The fourth-order valence-corrected chi connectivity index (χ4v) is 0.805. The summed E-state index contributed by atoms with van der Waals surface area (Å²) >= 11 is 0. The molecule has 64 valence electrons. The Morgan fingerprint density at radius 3 is 2.67 bits per heavy atom. The number of nitriles is 1. The van der Waals surface area contributed by atoms with E-state index in [-0.39, 0.29) is 12.4 Å². The number of hydrogen-bond donors (Lipinski definition) is 1. The van der Waals surface area contributed by atoms with E-state index in [1.165, 1.54) is 0 Å². The van der Waals surface area contributed by atoms with Gasteiger partial charge in [-0.25, -0.2) is 4.98 Å². The van der Waals surface area contributed by atoms with E-state index in [9.17, 15) is 0 Å². The Morgan fingerprint density at radius 2 is 2.25 bits per heavy atom. The zero-order valence-electron chi connectivity index (χ0n) is 6.53. The SMILES string of the molecule is Cl.N#Cc1ccc(CCN)cn1. The summed E-state index contributed by atoms with van der Waals surface area (Å²) < 4.78 is 0. The second-order valence-electron chi connectivity index (χ2n) is 2.20. The molecule has 1 aromatic heterocycles. The van der Waals surface area contributed by atoms with Crippen molar-refractivity contribution in [3.8, 4) is 6.07 Å². The van der Waals surface area contributed by atoms with Crippen LogP contribution in [0.1, 0.15) is 11.3 Å². The normalized spacial score (nSPS) is 8.33. The number of nitrogens with two attached hydrogens (primary N) is 1. The molecule has 0 unspecified atom stereocenters. The molecule has 0 saturated carbocycles. The first kappa shape index (κ1) is 10.9. The van der Waals surface area contributed by atoms with E-state index >= 15 is 0 Å². The van der Waals surface area contributed by atoms with Crippen LogP contribution in [0.25, 0.3) is 0 Å². The second kappa shape index (κ2) is 5.53. The first-order valence-electron chi connectivity index (χ1n) is 3.42. The zero-order chi connectivity index (χ0) is 8.10. The summed E-state index contributed by atoms with van der Waals surface area (Å²) in [4.78, 5) is 3.90. The Bertz CT molecular complexity index is 263. The third-order valence-electron chi connectivity index (χ3n) is 1.37. The third kappa shape index (κ3) is 2.87. The molecule has 0 aliphatic rings. The van der Waals surface area contributed by atoms with Crippen LogP contribution in [0.4, 0.5) is 0 Å². The smallest absolute Gasteiger partial charge is 0.140 e. The van der Waals surface area contributed by atoms with Crippen molar-refractivity contribution < 1.29 is 0 Å². The molecule has 3 nitrogen and oxygen atoms in total. The fraction of sp³-hybridized carbons (Fsp3) is 0.250. The molecule has 4 heteroatoms.